The van der Waals surface area contributed by atoms with Gasteiger partial charge in [0.15, 0.2) is 0 Å². The average Bonchev–Trinajstić information content (AvgIpc) is 2.30. The van der Waals surface area contributed by atoms with Gasteiger partial charge in [-0.1, -0.05) is 0 Å². The fourth-order valence-electron chi connectivity index (χ4n) is 1.72. The molecule has 0 rings (SSSR count). The van der Waals surface area contributed by atoms with Gasteiger partial charge in [0.25, 0.3) is 0 Å². The number of alkyl halides is 17. The Kier molecular flexibility index (Phi) is 5.95. The molecule has 0 bridgehead atoms. The molecule has 0 aliphatic rings. The minimum atomic E-state index is -7.80. The number of hydrogen-bond acceptors (Lipinski definition) is 0. The normalized spacial score (nSPS) is 17.1. The maximum absolute atomic E-state index is 13.5. The molecule has 0 aromatic rings. The van der Waals surface area contributed by atoms with E-state index in [1.807, 2.05) is 0 Å². The van der Waals surface area contributed by atoms with E-state index in [1.54, 1.807) is 0 Å². The van der Waals surface area contributed by atoms with Gasteiger partial charge in [-0.2, -0.15) is 70.2 Å². The third-order valence-electron chi connectivity index (χ3n) is 3.02. The number of allylic oxidation sites excluding steroid dienone is 2. The first kappa shape index (κ1) is 25.6. The van der Waals surface area contributed by atoms with E-state index in [2.05, 4.69) is 0 Å². The Bertz CT molecular complexity index is 563. The van der Waals surface area contributed by atoms with Crippen LogP contribution in [0.2, 0.25) is 0 Å². The van der Waals surface area contributed by atoms with Crippen LogP contribution in [0.5, 0.6) is 0 Å². The Balaban J connectivity index is 7.35. The smallest absolute Gasteiger partial charge is 0.219 e. The molecule has 0 spiro atoms. The molecule has 0 unspecified atom stereocenters. The topological polar surface area (TPSA) is 0 Å². The van der Waals surface area contributed by atoms with E-state index < -0.39 is 60.3 Å². The molecule has 17 heteroatoms. The van der Waals surface area contributed by atoms with Crippen LogP contribution in [0, 0.1) is 0 Å². The molecule has 0 amide bonds. The molecule has 0 aromatic carbocycles. The first-order chi connectivity index (χ1) is 11.3. The highest BCUT2D eigenvalue weighted by Gasteiger charge is 2.81. The molecule has 0 N–H and O–H groups in total. The van der Waals surface area contributed by atoms with E-state index in [1.165, 1.54) is 0 Å². The predicted molar refractivity (Wildman–Crippen MR) is 50.7 cm³/mol. The van der Waals surface area contributed by atoms with E-state index in [0.717, 1.165) is 0 Å². The quantitative estimate of drug-likeness (QED) is 0.342. The number of halogens is 17. The molecule has 0 aromatic heterocycles. The third-order valence-corrected chi connectivity index (χ3v) is 3.02. The summed E-state index contributed by atoms with van der Waals surface area (Å²) in [6.45, 7) is -1.27. The van der Waals surface area contributed by atoms with Gasteiger partial charge < -0.3 is 0 Å². The Morgan fingerprint density at radius 2 is 0.778 bits per heavy atom. The van der Waals surface area contributed by atoms with Crippen LogP contribution >= 0.6 is 0 Å². The largest absolute Gasteiger partial charge is 0.460 e. The van der Waals surface area contributed by atoms with Gasteiger partial charge in [0.2, 0.25) is 0 Å². The first-order valence-corrected chi connectivity index (χ1v) is 5.71. The lowest BCUT2D eigenvalue weighted by molar-refractivity contribution is -0.353. The first-order valence-electron chi connectivity index (χ1n) is 5.71. The molecule has 0 nitrogen and oxygen atoms in total. The van der Waals surface area contributed by atoms with Crippen molar-refractivity contribution in [2.45, 2.75) is 49.1 Å². The van der Waals surface area contributed by atoms with Crippen LogP contribution in [-0.4, -0.2) is 42.2 Å². The third kappa shape index (κ3) is 3.90. The Labute approximate surface area is 136 Å². The second-order valence-corrected chi connectivity index (χ2v) is 4.80. The van der Waals surface area contributed by atoms with Crippen LogP contribution in [0.15, 0.2) is 11.1 Å². The molecule has 0 radical (unpaired) electrons. The van der Waals surface area contributed by atoms with E-state index in [0.29, 0.717) is 0 Å². The number of rotatable bonds is 3. The fraction of sp³-hybridized carbons (Fsp3) is 0.800. The molecule has 0 atom stereocenters. The predicted octanol–water partition coefficient (Wildman–Crippen LogP) is 6.53. The zero-order chi connectivity index (χ0) is 22.7. The molecule has 0 aliphatic carbocycles. The lowest BCUT2D eigenvalue weighted by Crippen LogP contribution is -2.59. The van der Waals surface area contributed by atoms with Crippen molar-refractivity contribution < 1.29 is 74.6 Å². The van der Waals surface area contributed by atoms with Crippen LogP contribution in [0.25, 0.3) is 0 Å². The standard InChI is InChI=1S/C10H3F17/c1-2(4(11,8(19,20)21)9(22,23)24)3(6(14,15)16)5(12,13)7(17,18)10(25,26)27/h1H3. The van der Waals surface area contributed by atoms with Crippen molar-refractivity contribution in [3.8, 4) is 0 Å². The Morgan fingerprint density at radius 1 is 0.481 bits per heavy atom. The van der Waals surface area contributed by atoms with Crippen LogP contribution in [0.1, 0.15) is 6.92 Å². The van der Waals surface area contributed by atoms with Gasteiger partial charge in [-0.25, -0.2) is 4.39 Å². The highest BCUT2D eigenvalue weighted by molar-refractivity contribution is 5.36. The van der Waals surface area contributed by atoms with Crippen LogP contribution in [-0.2, 0) is 0 Å². The van der Waals surface area contributed by atoms with Gasteiger partial charge in [-0.3, -0.25) is 0 Å². The number of hydrogen-bond donors (Lipinski definition) is 0. The SMILES string of the molecule is CC(=C(C(F)(F)F)C(F)(F)C(F)(F)C(F)(F)F)C(F)(C(F)(F)F)C(F)(F)F. The van der Waals surface area contributed by atoms with E-state index in [4.69, 9.17) is 0 Å². The van der Waals surface area contributed by atoms with Gasteiger partial charge >= 0.3 is 42.2 Å². The molecule has 0 saturated heterocycles. The van der Waals surface area contributed by atoms with Crippen LogP contribution < -0.4 is 0 Å². The summed E-state index contributed by atoms with van der Waals surface area (Å²) in [6.07, 6.45) is -29.9. The summed E-state index contributed by atoms with van der Waals surface area (Å²) in [5.74, 6) is -15.5. The highest BCUT2D eigenvalue weighted by Crippen LogP contribution is 2.58. The van der Waals surface area contributed by atoms with Gasteiger partial charge in [0, 0.05) is 0 Å². The molecular formula is C10H3F17. The minimum absolute atomic E-state index is 1.27. The van der Waals surface area contributed by atoms with Crippen molar-refractivity contribution >= 4 is 0 Å². The molecular weight excluding hydrogens is 443 g/mol. The summed E-state index contributed by atoms with van der Waals surface area (Å²) in [4.78, 5) is 0. The summed E-state index contributed by atoms with van der Waals surface area (Å²) < 4.78 is 213. The zero-order valence-electron chi connectivity index (χ0n) is 11.9. The fourth-order valence-corrected chi connectivity index (χ4v) is 1.72. The van der Waals surface area contributed by atoms with Crippen molar-refractivity contribution in [3.05, 3.63) is 11.1 Å². The summed E-state index contributed by atoms with van der Waals surface area (Å²) >= 11 is 0. The van der Waals surface area contributed by atoms with Crippen molar-refractivity contribution in [1.29, 1.82) is 0 Å². The molecule has 0 saturated carbocycles. The van der Waals surface area contributed by atoms with Crippen molar-refractivity contribution in [3.63, 3.8) is 0 Å². The van der Waals surface area contributed by atoms with Crippen molar-refractivity contribution in [2.75, 3.05) is 0 Å². The molecule has 27 heavy (non-hydrogen) atoms. The lowest BCUT2D eigenvalue weighted by atomic mass is 9.86. The van der Waals surface area contributed by atoms with E-state index >= 15 is 0 Å². The minimum Gasteiger partial charge on any atom is -0.219 e. The summed E-state index contributed by atoms with van der Waals surface area (Å²) in [5.41, 5.74) is -16.5. The van der Waals surface area contributed by atoms with Crippen molar-refractivity contribution in [2.24, 2.45) is 0 Å². The van der Waals surface area contributed by atoms with Crippen molar-refractivity contribution in [1.82, 2.24) is 0 Å². The Hall–Kier alpha value is -1.45. The maximum Gasteiger partial charge on any atom is 0.460 e. The summed E-state index contributed by atoms with van der Waals surface area (Å²) in [7, 11) is 0. The summed E-state index contributed by atoms with van der Waals surface area (Å²) in [5, 5.41) is 0. The Morgan fingerprint density at radius 3 is 0.963 bits per heavy atom. The van der Waals surface area contributed by atoms with Crippen LogP contribution in [0.4, 0.5) is 74.6 Å². The molecule has 0 heterocycles. The van der Waals surface area contributed by atoms with E-state index in [-0.39, 0.29) is 0 Å². The van der Waals surface area contributed by atoms with Gasteiger partial charge in [0.05, 0.1) is 0 Å². The van der Waals surface area contributed by atoms with Gasteiger partial charge in [0.1, 0.15) is 5.57 Å². The highest BCUT2D eigenvalue weighted by atomic mass is 19.4. The maximum atomic E-state index is 13.5. The van der Waals surface area contributed by atoms with Gasteiger partial charge in [-0.05, 0) is 12.5 Å². The van der Waals surface area contributed by atoms with Gasteiger partial charge in [-0.15, -0.1) is 0 Å². The second-order valence-electron chi connectivity index (χ2n) is 4.80. The molecule has 0 fully saturated rings. The van der Waals surface area contributed by atoms with E-state index in [9.17, 15) is 74.6 Å². The van der Waals surface area contributed by atoms with Crippen LogP contribution in [0.3, 0.4) is 0 Å². The zero-order valence-corrected chi connectivity index (χ0v) is 11.9. The monoisotopic (exact) mass is 446 g/mol. The molecule has 162 valence electrons. The average molecular weight is 446 g/mol. The lowest BCUT2D eigenvalue weighted by Gasteiger charge is -2.36. The summed E-state index contributed by atoms with van der Waals surface area (Å²) in [6, 6.07) is 0. The molecule has 0 aliphatic heterocycles. The second kappa shape index (κ2) is 6.28.